The summed E-state index contributed by atoms with van der Waals surface area (Å²) in [6, 6.07) is 27.1. The van der Waals surface area contributed by atoms with Gasteiger partial charge in [0.2, 0.25) is 0 Å². The van der Waals surface area contributed by atoms with Crippen LogP contribution in [0.2, 0.25) is 0 Å². The van der Waals surface area contributed by atoms with Crippen LogP contribution in [-0.2, 0) is 25.7 Å². The van der Waals surface area contributed by atoms with E-state index in [-0.39, 0.29) is 5.82 Å². The second kappa shape index (κ2) is 12.4. The Balaban J connectivity index is 1.41. The van der Waals surface area contributed by atoms with Gasteiger partial charge in [0.15, 0.2) is 0 Å². The normalized spacial score (nSPS) is 10.8. The summed E-state index contributed by atoms with van der Waals surface area (Å²) in [5.41, 5.74) is 6.68. The van der Waals surface area contributed by atoms with Gasteiger partial charge in [-0.3, -0.25) is 0 Å². The molecule has 0 spiro atoms. The van der Waals surface area contributed by atoms with Gasteiger partial charge in [-0.25, -0.2) is 4.39 Å². The van der Waals surface area contributed by atoms with Gasteiger partial charge in [0.1, 0.15) is 5.82 Å². The van der Waals surface area contributed by atoms with E-state index in [4.69, 9.17) is 0 Å². The molecule has 0 saturated heterocycles. The van der Waals surface area contributed by atoms with Gasteiger partial charge in [-0.15, -0.1) is 0 Å². The van der Waals surface area contributed by atoms with Crippen molar-refractivity contribution in [1.29, 1.82) is 0 Å². The van der Waals surface area contributed by atoms with Gasteiger partial charge in [0.05, 0.1) is 5.56 Å². The van der Waals surface area contributed by atoms with Crippen LogP contribution in [0.5, 0.6) is 0 Å². The van der Waals surface area contributed by atoms with Crippen molar-refractivity contribution in [3.8, 4) is 11.8 Å². The topological polar surface area (TPSA) is 0 Å². The highest BCUT2D eigenvalue weighted by molar-refractivity contribution is 5.85. The number of unbranched alkanes of at least 4 members (excludes halogenated alkanes) is 2. The van der Waals surface area contributed by atoms with Gasteiger partial charge in [-0.05, 0) is 77.9 Å². The van der Waals surface area contributed by atoms with Crippen molar-refractivity contribution in [1.82, 2.24) is 0 Å². The van der Waals surface area contributed by atoms with Crippen LogP contribution in [0.15, 0.2) is 78.9 Å². The van der Waals surface area contributed by atoms with E-state index in [2.05, 4.69) is 68.2 Å². The maximum absolute atomic E-state index is 15.2. The molecule has 0 saturated carbocycles. The largest absolute Gasteiger partial charge is 0.205 e. The molecule has 0 bridgehead atoms. The molecular formula is C34H35F. The Kier molecular flexibility index (Phi) is 8.74. The molecule has 178 valence electrons. The third-order valence-corrected chi connectivity index (χ3v) is 6.65. The van der Waals surface area contributed by atoms with E-state index in [0.717, 1.165) is 36.6 Å². The molecule has 0 atom stereocenters. The van der Waals surface area contributed by atoms with Gasteiger partial charge >= 0.3 is 0 Å². The van der Waals surface area contributed by atoms with Gasteiger partial charge in [0.25, 0.3) is 0 Å². The molecular weight excluding hydrogens is 427 g/mol. The van der Waals surface area contributed by atoms with Gasteiger partial charge < -0.3 is 0 Å². The summed E-state index contributed by atoms with van der Waals surface area (Å²) in [7, 11) is 0. The third kappa shape index (κ3) is 6.83. The lowest BCUT2D eigenvalue weighted by Gasteiger charge is -2.07. The second-order valence-electron chi connectivity index (χ2n) is 9.45. The van der Waals surface area contributed by atoms with Crippen molar-refractivity contribution in [2.24, 2.45) is 0 Å². The fraction of sp³-hybridized carbons (Fsp3) is 0.294. The van der Waals surface area contributed by atoms with E-state index >= 15 is 4.39 Å². The van der Waals surface area contributed by atoms with Crippen LogP contribution >= 0.6 is 0 Å². The molecule has 0 nitrogen and oxygen atoms in total. The second-order valence-corrected chi connectivity index (χ2v) is 9.45. The number of aryl methyl sites for hydroxylation is 4. The molecule has 1 heteroatoms. The van der Waals surface area contributed by atoms with Crippen molar-refractivity contribution in [2.45, 2.75) is 65.2 Å². The van der Waals surface area contributed by atoms with Gasteiger partial charge in [-0.1, -0.05) is 106 Å². The van der Waals surface area contributed by atoms with E-state index in [1.165, 1.54) is 47.9 Å². The van der Waals surface area contributed by atoms with Gasteiger partial charge in [-0.2, -0.15) is 0 Å². The SMILES string of the molecule is CCCCCc1ccc(CCc2ccc3c(F)c(C#Cc4ccc(CCC)cc4)ccc3c2)cc1. The minimum absolute atomic E-state index is 0.234. The van der Waals surface area contributed by atoms with Gasteiger partial charge in [0, 0.05) is 10.9 Å². The third-order valence-electron chi connectivity index (χ3n) is 6.65. The minimum Gasteiger partial charge on any atom is -0.205 e. The average molecular weight is 463 g/mol. The first-order chi connectivity index (χ1) is 17.2. The number of hydrogen-bond acceptors (Lipinski definition) is 0. The molecule has 0 fully saturated rings. The Morgan fingerprint density at radius 3 is 1.91 bits per heavy atom. The zero-order chi connectivity index (χ0) is 24.5. The zero-order valence-corrected chi connectivity index (χ0v) is 21.0. The molecule has 0 N–H and O–H groups in total. The van der Waals surface area contributed by atoms with Crippen molar-refractivity contribution in [3.05, 3.63) is 118 Å². The van der Waals surface area contributed by atoms with E-state index in [0.29, 0.717) is 10.9 Å². The first kappa shape index (κ1) is 24.7. The Morgan fingerprint density at radius 1 is 0.571 bits per heavy atom. The van der Waals surface area contributed by atoms with Crippen LogP contribution in [0.4, 0.5) is 4.39 Å². The summed E-state index contributed by atoms with van der Waals surface area (Å²) < 4.78 is 15.2. The quantitative estimate of drug-likeness (QED) is 0.172. The predicted octanol–water partition coefficient (Wildman–Crippen LogP) is 8.85. The van der Waals surface area contributed by atoms with E-state index < -0.39 is 0 Å². The highest BCUT2D eigenvalue weighted by atomic mass is 19.1. The van der Waals surface area contributed by atoms with E-state index in [1.807, 2.05) is 30.3 Å². The first-order valence-electron chi connectivity index (χ1n) is 13.1. The Labute approximate surface area is 210 Å². The maximum atomic E-state index is 15.2. The minimum atomic E-state index is -0.234. The summed E-state index contributed by atoms with van der Waals surface area (Å²) in [4.78, 5) is 0. The molecule has 0 aliphatic heterocycles. The monoisotopic (exact) mass is 462 g/mol. The Morgan fingerprint density at radius 2 is 1.20 bits per heavy atom. The summed E-state index contributed by atoms with van der Waals surface area (Å²) in [6.45, 7) is 4.42. The van der Waals surface area contributed by atoms with Crippen LogP contribution in [0.3, 0.4) is 0 Å². The lowest BCUT2D eigenvalue weighted by atomic mass is 9.98. The van der Waals surface area contributed by atoms with Crippen molar-refractivity contribution >= 4 is 10.8 Å². The molecule has 0 aliphatic carbocycles. The first-order valence-corrected chi connectivity index (χ1v) is 13.1. The molecule has 0 aliphatic rings. The highest BCUT2D eigenvalue weighted by Gasteiger charge is 2.07. The highest BCUT2D eigenvalue weighted by Crippen LogP contribution is 2.23. The molecule has 0 unspecified atom stereocenters. The summed E-state index contributed by atoms with van der Waals surface area (Å²) in [5, 5.41) is 1.57. The number of benzene rings is 4. The van der Waals surface area contributed by atoms with Crippen LogP contribution in [-0.4, -0.2) is 0 Å². The van der Waals surface area contributed by atoms with Crippen LogP contribution in [0, 0.1) is 17.7 Å². The molecule has 0 amide bonds. The molecule has 0 heterocycles. The van der Waals surface area contributed by atoms with E-state index in [1.54, 1.807) is 6.07 Å². The molecule has 4 aromatic rings. The number of fused-ring (bicyclic) bond motifs is 1. The Bertz CT molecular complexity index is 1300. The summed E-state index contributed by atoms with van der Waals surface area (Å²) >= 11 is 0. The van der Waals surface area contributed by atoms with Crippen molar-refractivity contribution < 1.29 is 4.39 Å². The number of rotatable bonds is 9. The molecule has 4 aromatic carbocycles. The Hall–Kier alpha value is -3.37. The van der Waals surface area contributed by atoms with Crippen LogP contribution in [0.1, 0.15) is 72.9 Å². The smallest absolute Gasteiger partial charge is 0.146 e. The fourth-order valence-corrected chi connectivity index (χ4v) is 4.52. The van der Waals surface area contributed by atoms with E-state index in [9.17, 15) is 0 Å². The lowest BCUT2D eigenvalue weighted by molar-refractivity contribution is 0.636. The van der Waals surface area contributed by atoms with Crippen LogP contribution < -0.4 is 0 Å². The summed E-state index contributed by atoms with van der Waals surface area (Å²) in [5.74, 6) is 5.91. The zero-order valence-electron chi connectivity index (χ0n) is 21.0. The predicted molar refractivity (Wildman–Crippen MR) is 147 cm³/mol. The summed E-state index contributed by atoms with van der Waals surface area (Å²) in [6.07, 6.45) is 9.13. The average Bonchev–Trinajstić information content (AvgIpc) is 2.89. The molecule has 4 rings (SSSR count). The maximum Gasteiger partial charge on any atom is 0.146 e. The fourth-order valence-electron chi connectivity index (χ4n) is 4.52. The van der Waals surface area contributed by atoms with Crippen molar-refractivity contribution in [3.63, 3.8) is 0 Å². The standard InChI is InChI=1S/C34H35F/c1-3-5-6-8-27-11-15-28(16-12-27)17-18-30-20-24-33-32(25-30)23-22-31(34(33)35)21-19-29-13-9-26(7-4-2)10-14-29/h9-16,20,22-25H,3-8,17-18H2,1-2H3. The molecule has 0 radical (unpaired) electrons. The molecule has 35 heavy (non-hydrogen) atoms. The number of halogens is 1. The lowest BCUT2D eigenvalue weighted by Crippen LogP contribution is -1.94. The molecule has 0 aromatic heterocycles. The number of hydrogen-bond donors (Lipinski definition) is 0. The van der Waals surface area contributed by atoms with Crippen molar-refractivity contribution in [2.75, 3.05) is 0 Å². The van der Waals surface area contributed by atoms with Crippen LogP contribution in [0.25, 0.3) is 10.8 Å².